The normalized spacial score (nSPS) is 15.1. The molecule has 0 bridgehead atoms. The zero-order valence-electron chi connectivity index (χ0n) is 16.5. The first-order valence-corrected chi connectivity index (χ1v) is 12.1. The maximum atomic E-state index is 12.4. The number of nitrogens with zero attached hydrogens (tertiary/aromatic N) is 5. The van der Waals surface area contributed by atoms with Crippen LogP contribution in [0.2, 0.25) is 0 Å². The molecule has 0 unspecified atom stereocenters. The van der Waals surface area contributed by atoms with Gasteiger partial charge in [-0.1, -0.05) is 60.6 Å². The van der Waals surface area contributed by atoms with Gasteiger partial charge in [-0.3, -0.25) is 9.20 Å². The largest absolute Gasteiger partial charge is 0.301 e. The predicted molar refractivity (Wildman–Crippen MR) is 120 cm³/mol. The molecule has 0 aliphatic heterocycles. The Morgan fingerprint density at radius 3 is 2.83 bits per heavy atom. The van der Waals surface area contributed by atoms with Crippen LogP contribution in [0, 0.1) is 0 Å². The van der Waals surface area contributed by atoms with Gasteiger partial charge in [0.2, 0.25) is 11.0 Å². The molecule has 1 N–H and O–H groups in total. The van der Waals surface area contributed by atoms with Gasteiger partial charge < -0.3 is 5.32 Å². The Bertz CT molecular complexity index is 1180. The van der Waals surface area contributed by atoms with Crippen LogP contribution in [0.5, 0.6) is 0 Å². The summed E-state index contributed by atoms with van der Waals surface area (Å²) in [6.07, 6.45) is 6.57. The zero-order valence-corrected chi connectivity index (χ0v) is 18.1. The summed E-state index contributed by atoms with van der Waals surface area (Å²) in [6, 6.07) is 12.2. The minimum atomic E-state index is -0.0486. The summed E-state index contributed by atoms with van der Waals surface area (Å²) in [4.78, 5) is 12.4. The van der Waals surface area contributed by atoms with E-state index in [-0.39, 0.29) is 5.91 Å². The topological polar surface area (TPSA) is 85.1 Å². The number of para-hydroxylation sites is 1. The van der Waals surface area contributed by atoms with E-state index in [2.05, 4.69) is 37.8 Å². The molecule has 154 valence electrons. The number of benzene rings is 1. The molecule has 0 atom stereocenters. The average molecular weight is 439 g/mol. The Kier molecular flexibility index (Phi) is 5.63. The van der Waals surface area contributed by atoms with Crippen LogP contribution < -0.4 is 5.32 Å². The average Bonchev–Trinajstić information content (AvgIpc) is 3.42. The third-order valence-corrected chi connectivity index (χ3v) is 7.38. The van der Waals surface area contributed by atoms with Gasteiger partial charge in [-0.25, -0.2) is 0 Å². The van der Waals surface area contributed by atoms with Crippen LogP contribution in [-0.4, -0.2) is 36.5 Å². The lowest BCUT2D eigenvalue weighted by atomic mass is 9.90. The first-order chi connectivity index (χ1) is 14.8. The van der Waals surface area contributed by atoms with Crippen LogP contribution in [0.15, 0.2) is 41.6 Å². The predicted octanol–water partition coefficient (Wildman–Crippen LogP) is 4.90. The Balaban J connectivity index is 1.20. The number of pyridine rings is 1. The van der Waals surface area contributed by atoms with E-state index < -0.39 is 0 Å². The fourth-order valence-electron chi connectivity index (χ4n) is 3.92. The van der Waals surface area contributed by atoms with Crippen molar-refractivity contribution in [2.24, 2.45) is 0 Å². The molecule has 1 saturated carbocycles. The number of anilines is 1. The molecule has 3 aromatic heterocycles. The molecule has 4 aromatic rings. The summed E-state index contributed by atoms with van der Waals surface area (Å²) < 4.78 is 2.04. The number of nitrogens with one attached hydrogen (secondary N) is 1. The lowest BCUT2D eigenvalue weighted by molar-refractivity contribution is -0.115. The molecule has 1 aromatic carbocycles. The van der Waals surface area contributed by atoms with Crippen molar-refractivity contribution < 1.29 is 4.79 Å². The van der Waals surface area contributed by atoms with Crippen molar-refractivity contribution in [3.05, 3.63) is 41.4 Å². The van der Waals surface area contributed by atoms with Crippen molar-refractivity contribution in [1.29, 1.82) is 0 Å². The monoisotopic (exact) mass is 438 g/mol. The maximum Gasteiger partial charge on any atom is 0.227 e. The first kappa shape index (κ1) is 19.4. The molecule has 5 rings (SSSR count). The second-order valence-corrected chi connectivity index (χ2v) is 9.57. The Morgan fingerprint density at radius 2 is 1.93 bits per heavy atom. The second-order valence-electron chi connectivity index (χ2n) is 7.50. The second kappa shape index (κ2) is 8.69. The van der Waals surface area contributed by atoms with Crippen molar-refractivity contribution in [2.45, 2.75) is 49.6 Å². The lowest BCUT2D eigenvalue weighted by Gasteiger charge is -2.18. The van der Waals surface area contributed by atoms with Crippen LogP contribution >= 0.6 is 23.1 Å². The van der Waals surface area contributed by atoms with Gasteiger partial charge in [-0.05, 0) is 36.4 Å². The van der Waals surface area contributed by atoms with Gasteiger partial charge in [0.05, 0.1) is 5.52 Å². The van der Waals surface area contributed by atoms with E-state index in [1.165, 1.54) is 55.2 Å². The van der Waals surface area contributed by atoms with Gasteiger partial charge >= 0.3 is 0 Å². The van der Waals surface area contributed by atoms with Crippen molar-refractivity contribution >= 4 is 50.7 Å². The van der Waals surface area contributed by atoms with E-state index in [0.717, 1.165) is 26.7 Å². The smallest absolute Gasteiger partial charge is 0.227 e. The summed E-state index contributed by atoms with van der Waals surface area (Å²) in [7, 11) is 0. The standard InChI is InChI=1S/C21H22N6OS2/c28-18(22-20-25-24-19(30-20)15-7-2-1-3-8-15)12-13-29-21-26-23-17-11-10-14-6-4-5-9-16(14)27(17)21/h4-6,9-11,15H,1-3,7-8,12-13H2,(H,22,25,28). The summed E-state index contributed by atoms with van der Waals surface area (Å²) in [5, 5.41) is 23.5. The molecule has 3 heterocycles. The van der Waals surface area contributed by atoms with Crippen LogP contribution in [0.4, 0.5) is 5.13 Å². The van der Waals surface area contributed by atoms with Crippen LogP contribution in [-0.2, 0) is 4.79 Å². The van der Waals surface area contributed by atoms with Crippen molar-refractivity contribution in [1.82, 2.24) is 24.8 Å². The lowest BCUT2D eigenvalue weighted by Crippen LogP contribution is -2.12. The summed E-state index contributed by atoms with van der Waals surface area (Å²) in [5.74, 6) is 1.07. The van der Waals surface area contributed by atoms with Crippen LogP contribution in [0.3, 0.4) is 0 Å². The van der Waals surface area contributed by atoms with Gasteiger partial charge in [0.1, 0.15) is 5.01 Å². The van der Waals surface area contributed by atoms with E-state index in [1.807, 2.05) is 28.7 Å². The number of aromatic nitrogens is 5. The van der Waals surface area contributed by atoms with E-state index in [4.69, 9.17) is 0 Å². The van der Waals surface area contributed by atoms with E-state index in [0.29, 0.717) is 23.2 Å². The van der Waals surface area contributed by atoms with Crippen molar-refractivity contribution in [3.63, 3.8) is 0 Å². The molecule has 1 amide bonds. The molecule has 1 aliphatic carbocycles. The van der Waals surface area contributed by atoms with E-state index >= 15 is 0 Å². The molecule has 30 heavy (non-hydrogen) atoms. The number of thioether (sulfide) groups is 1. The number of carbonyl (C=O) groups is 1. The number of hydrogen-bond acceptors (Lipinski definition) is 7. The molecule has 1 fully saturated rings. The van der Waals surface area contributed by atoms with Gasteiger partial charge in [0.15, 0.2) is 10.8 Å². The third kappa shape index (κ3) is 4.04. The van der Waals surface area contributed by atoms with Gasteiger partial charge in [-0.15, -0.1) is 20.4 Å². The Morgan fingerprint density at radius 1 is 1.07 bits per heavy atom. The fourth-order valence-corrected chi connectivity index (χ4v) is 5.74. The third-order valence-electron chi connectivity index (χ3n) is 5.45. The fraction of sp³-hybridized carbons (Fsp3) is 0.381. The highest BCUT2D eigenvalue weighted by Gasteiger charge is 2.20. The zero-order chi connectivity index (χ0) is 20.3. The molecule has 0 radical (unpaired) electrons. The quantitative estimate of drug-likeness (QED) is 0.431. The highest BCUT2D eigenvalue weighted by atomic mass is 32.2. The number of hydrogen-bond donors (Lipinski definition) is 1. The minimum absolute atomic E-state index is 0.0486. The molecule has 7 nitrogen and oxygen atoms in total. The Labute approximate surface area is 182 Å². The molecular weight excluding hydrogens is 416 g/mol. The minimum Gasteiger partial charge on any atom is -0.301 e. The van der Waals surface area contributed by atoms with Crippen LogP contribution in [0.1, 0.15) is 49.5 Å². The summed E-state index contributed by atoms with van der Waals surface area (Å²) in [5.41, 5.74) is 1.88. The molecule has 9 heteroatoms. The molecule has 0 saturated heterocycles. The van der Waals surface area contributed by atoms with Crippen molar-refractivity contribution in [2.75, 3.05) is 11.1 Å². The molecule has 0 spiro atoms. The molecule has 1 aliphatic rings. The number of fused-ring (bicyclic) bond motifs is 3. The highest BCUT2D eigenvalue weighted by Crippen LogP contribution is 2.35. The molecular formula is C21H22N6OS2. The van der Waals surface area contributed by atoms with E-state index in [9.17, 15) is 4.79 Å². The van der Waals surface area contributed by atoms with Gasteiger partial charge in [-0.2, -0.15) is 0 Å². The SMILES string of the molecule is O=C(CCSc1nnc2ccc3ccccc3n12)Nc1nnc(C2CCCCC2)s1. The highest BCUT2D eigenvalue weighted by molar-refractivity contribution is 7.99. The summed E-state index contributed by atoms with van der Waals surface area (Å²) in [6.45, 7) is 0. The van der Waals surface area contributed by atoms with Gasteiger partial charge in [0.25, 0.3) is 0 Å². The first-order valence-electron chi connectivity index (χ1n) is 10.3. The summed E-state index contributed by atoms with van der Waals surface area (Å²) >= 11 is 3.05. The van der Waals surface area contributed by atoms with Crippen LogP contribution in [0.25, 0.3) is 16.6 Å². The van der Waals surface area contributed by atoms with E-state index in [1.54, 1.807) is 0 Å². The Hall–Kier alpha value is -2.52. The number of amides is 1. The number of rotatable bonds is 6. The van der Waals surface area contributed by atoms with Gasteiger partial charge in [0, 0.05) is 18.1 Å². The number of carbonyl (C=O) groups excluding carboxylic acids is 1. The van der Waals surface area contributed by atoms with Crippen molar-refractivity contribution in [3.8, 4) is 0 Å². The maximum absolute atomic E-state index is 12.4.